The molecule has 0 radical (unpaired) electrons. The molecule has 2 heterocycles. The van der Waals surface area contributed by atoms with Gasteiger partial charge in [0.25, 0.3) is 0 Å². The second-order valence-electron chi connectivity index (χ2n) is 14.2. The third kappa shape index (κ3) is 8.50. The van der Waals surface area contributed by atoms with Gasteiger partial charge in [-0.2, -0.15) is 0 Å². The lowest BCUT2D eigenvalue weighted by Gasteiger charge is -2.36. The summed E-state index contributed by atoms with van der Waals surface area (Å²) in [5.41, 5.74) is 2.74. The summed E-state index contributed by atoms with van der Waals surface area (Å²) >= 11 is -1.34. The van der Waals surface area contributed by atoms with Crippen LogP contribution in [0.2, 0.25) is 0 Å². The molecule has 230 valence electrons. The largest absolute Gasteiger partial charge is 0.593 e. The molecular formula is C33H53N3O4S. The molecule has 1 aromatic carbocycles. The first-order chi connectivity index (χ1) is 19.4. The van der Waals surface area contributed by atoms with Gasteiger partial charge in [0.2, 0.25) is 5.91 Å². The van der Waals surface area contributed by atoms with Gasteiger partial charge < -0.3 is 24.2 Å². The Morgan fingerprint density at radius 3 is 2.37 bits per heavy atom. The molecule has 3 aliphatic rings. The number of carbonyl (C=O) groups is 1. The summed E-state index contributed by atoms with van der Waals surface area (Å²) in [5.74, 6) is 0.380. The van der Waals surface area contributed by atoms with Crippen molar-refractivity contribution in [2.75, 3.05) is 33.5 Å². The maximum atomic E-state index is 13.8. The highest BCUT2D eigenvalue weighted by molar-refractivity contribution is 7.89. The number of nitrogens with one attached hydrogen (secondary N) is 2. The first-order valence-corrected chi connectivity index (χ1v) is 16.7. The van der Waals surface area contributed by atoms with Gasteiger partial charge in [0.1, 0.15) is 0 Å². The Labute approximate surface area is 251 Å². The van der Waals surface area contributed by atoms with Crippen LogP contribution in [0.25, 0.3) is 5.70 Å². The Morgan fingerprint density at radius 1 is 1.07 bits per heavy atom. The normalized spacial score (nSPS) is 23.9. The summed E-state index contributed by atoms with van der Waals surface area (Å²) in [5, 5.41) is 3.33. The van der Waals surface area contributed by atoms with Gasteiger partial charge in [-0.05, 0) is 87.6 Å². The minimum atomic E-state index is -1.34. The number of rotatable bonds is 9. The molecule has 2 aliphatic heterocycles. The van der Waals surface area contributed by atoms with E-state index in [9.17, 15) is 9.35 Å². The van der Waals surface area contributed by atoms with E-state index in [0.717, 1.165) is 41.1 Å². The average molecular weight is 588 g/mol. The molecule has 8 heteroatoms. The summed E-state index contributed by atoms with van der Waals surface area (Å²) in [7, 11) is 1.73. The van der Waals surface area contributed by atoms with Gasteiger partial charge >= 0.3 is 0 Å². The van der Waals surface area contributed by atoms with E-state index in [4.69, 9.17) is 9.47 Å². The van der Waals surface area contributed by atoms with Crippen molar-refractivity contribution in [3.8, 4) is 0 Å². The molecule has 1 aliphatic carbocycles. The lowest BCUT2D eigenvalue weighted by molar-refractivity contribution is -0.126. The number of benzene rings is 1. The predicted octanol–water partition coefficient (Wildman–Crippen LogP) is 5.56. The highest BCUT2D eigenvalue weighted by Crippen LogP contribution is 2.40. The molecule has 1 amide bonds. The van der Waals surface area contributed by atoms with Crippen molar-refractivity contribution < 1.29 is 18.8 Å². The molecule has 1 saturated heterocycles. The number of ether oxygens (including phenoxy) is 2. The van der Waals surface area contributed by atoms with Crippen LogP contribution in [0.15, 0.2) is 29.2 Å². The quantitative estimate of drug-likeness (QED) is 0.368. The van der Waals surface area contributed by atoms with Crippen molar-refractivity contribution in [3.63, 3.8) is 0 Å². The van der Waals surface area contributed by atoms with Gasteiger partial charge in [-0.25, -0.2) is 0 Å². The Morgan fingerprint density at radius 2 is 1.76 bits per heavy atom. The Kier molecular flexibility index (Phi) is 10.9. The fourth-order valence-corrected chi connectivity index (χ4v) is 7.84. The number of nitrogens with zero attached hydrogens (tertiary/aromatic N) is 1. The van der Waals surface area contributed by atoms with Gasteiger partial charge in [-0.3, -0.25) is 4.79 Å². The summed E-state index contributed by atoms with van der Waals surface area (Å²) in [6.45, 7) is 15.4. The summed E-state index contributed by atoms with van der Waals surface area (Å²) in [6.07, 6.45) is 10.2. The Balaban J connectivity index is 1.72. The van der Waals surface area contributed by atoms with E-state index in [1.807, 2.05) is 26.8 Å². The second kappa shape index (κ2) is 13.8. The molecule has 2 fully saturated rings. The van der Waals surface area contributed by atoms with E-state index < -0.39 is 11.4 Å². The van der Waals surface area contributed by atoms with Crippen molar-refractivity contribution >= 4 is 23.0 Å². The molecule has 1 aromatic rings. The molecule has 41 heavy (non-hydrogen) atoms. The van der Waals surface area contributed by atoms with Crippen LogP contribution in [0.1, 0.15) is 97.6 Å². The van der Waals surface area contributed by atoms with Crippen LogP contribution in [0, 0.1) is 11.8 Å². The topological polar surface area (TPSA) is 85.9 Å². The van der Waals surface area contributed by atoms with E-state index in [-0.39, 0.29) is 34.9 Å². The maximum absolute atomic E-state index is 13.8. The van der Waals surface area contributed by atoms with Crippen molar-refractivity contribution in [2.45, 2.75) is 114 Å². The Bertz CT molecular complexity index is 1050. The summed E-state index contributed by atoms with van der Waals surface area (Å²) < 4.78 is 28.0. The van der Waals surface area contributed by atoms with Crippen LogP contribution in [0.5, 0.6) is 0 Å². The first kappa shape index (κ1) is 32.3. The zero-order chi connectivity index (χ0) is 29.8. The molecule has 4 rings (SSSR count). The van der Waals surface area contributed by atoms with Crippen LogP contribution < -0.4 is 10.0 Å². The van der Waals surface area contributed by atoms with E-state index >= 15 is 0 Å². The fourth-order valence-electron chi connectivity index (χ4n) is 6.42. The van der Waals surface area contributed by atoms with Gasteiger partial charge in [-0.1, -0.05) is 40.0 Å². The van der Waals surface area contributed by atoms with Crippen molar-refractivity contribution in [2.24, 2.45) is 11.8 Å². The minimum absolute atomic E-state index is 0.0637. The summed E-state index contributed by atoms with van der Waals surface area (Å²) in [4.78, 5) is 17.1. The van der Waals surface area contributed by atoms with Crippen LogP contribution in [0.4, 0.5) is 0 Å². The smallest absolute Gasteiger partial charge is 0.229 e. The van der Waals surface area contributed by atoms with Crippen LogP contribution in [-0.2, 0) is 31.0 Å². The van der Waals surface area contributed by atoms with E-state index in [1.165, 1.54) is 32.1 Å². The molecule has 1 saturated carbocycles. The van der Waals surface area contributed by atoms with Gasteiger partial charge in [0.15, 0.2) is 4.90 Å². The second-order valence-corrected chi connectivity index (χ2v) is 15.4. The van der Waals surface area contributed by atoms with E-state index in [0.29, 0.717) is 25.7 Å². The van der Waals surface area contributed by atoms with Crippen molar-refractivity contribution in [1.82, 2.24) is 14.9 Å². The maximum Gasteiger partial charge on any atom is 0.229 e. The zero-order valence-electron chi connectivity index (χ0n) is 26.4. The third-order valence-corrected chi connectivity index (χ3v) is 10.1. The predicted molar refractivity (Wildman–Crippen MR) is 167 cm³/mol. The van der Waals surface area contributed by atoms with E-state index in [2.05, 4.69) is 53.9 Å². The number of hydrogen-bond donors (Lipinski definition) is 2. The van der Waals surface area contributed by atoms with Crippen LogP contribution in [0.3, 0.4) is 0 Å². The molecule has 2 N–H and O–H groups in total. The van der Waals surface area contributed by atoms with Gasteiger partial charge in [-0.15, -0.1) is 4.72 Å². The lowest BCUT2D eigenvalue weighted by Crippen LogP contribution is -2.48. The zero-order valence-corrected chi connectivity index (χ0v) is 27.2. The summed E-state index contributed by atoms with van der Waals surface area (Å²) in [6, 6.07) is 6.41. The fraction of sp³-hybridized carbons (Fsp3) is 0.727. The highest BCUT2D eigenvalue weighted by atomic mass is 32.2. The van der Waals surface area contributed by atoms with Crippen molar-refractivity contribution in [3.05, 3.63) is 35.4 Å². The Hall–Kier alpha value is -1.58. The molecule has 3 atom stereocenters. The minimum Gasteiger partial charge on any atom is -0.593 e. The standard InChI is InChI=1S/C33H53N3O4S/c1-32(2,3)27-19-24(13-14-30(27)41(38)35-33(4,5)6)28-20-26(31(37)34-25-15-17-40-18-16-25)29(22-39-7)36(28)21-23-11-9-8-10-12-23/h13-14,19-20,23,25-26,29,35H,8-12,15-18,21-22H2,1-7H3,(H,34,37). The average Bonchev–Trinajstić information content (AvgIpc) is 3.26. The SMILES string of the molecule is COCC1C(C(=O)NC2CCOCC2)C=C(c2ccc([S+]([O-])NC(C)(C)C)c(C(C)(C)C)c2)N1CC1CCCCC1. The molecule has 0 bridgehead atoms. The van der Waals surface area contributed by atoms with Gasteiger partial charge in [0.05, 0.1) is 35.5 Å². The molecule has 3 unspecified atom stereocenters. The lowest BCUT2D eigenvalue weighted by atomic mass is 9.85. The van der Waals surface area contributed by atoms with Gasteiger partial charge in [0, 0.05) is 44.2 Å². The number of methoxy groups -OCH3 is 1. The molecule has 0 spiro atoms. The molecule has 0 aromatic heterocycles. The first-order valence-electron chi connectivity index (χ1n) is 15.6. The molecule has 7 nitrogen and oxygen atoms in total. The molecular weight excluding hydrogens is 534 g/mol. The highest BCUT2D eigenvalue weighted by Gasteiger charge is 2.41. The number of hydrogen-bond acceptors (Lipinski definition) is 6. The van der Waals surface area contributed by atoms with E-state index in [1.54, 1.807) is 7.11 Å². The third-order valence-electron chi connectivity index (χ3n) is 8.53. The van der Waals surface area contributed by atoms with Crippen molar-refractivity contribution in [1.29, 1.82) is 0 Å². The number of amides is 1. The van der Waals surface area contributed by atoms with Crippen LogP contribution >= 0.6 is 0 Å². The number of carbonyl (C=O) groups excluding carboxylic acids is 1. The monoisotopic (exact) mass is 587 g/mol. The van der Waals surface area contributed by atoms with Crippen LogP contribution in [-0.4, -0.2) is 66.5 Å².